The summed E-state index contributed by atoms with van der Waals surface area (Å²) in [6.45, 7) is 6.59. The zero-order valence-corrected chi connectivity index (χ0v) is 10.4. The molecule has 0 bridgehead atoms. The summed E-state index contributed by atoms with van der Waals surface area (Å²) in [4.78, 5) is 13.5. The molecule has 0 radical (unpaired) electrons. The second-order valence-corrected chi connectivity index (χ2v) is 4.40. The number of hydrogen-bond donors (Lipinski definition) is 0. The summed E-state index contributed by atoms with van der Waals surface area (Å²) < 4.78 is 10.8. The lowest BCUT2D eigenvalue weighted by Crippen LogP contribution is -2.41. The van der Waals surface area contributed by atoms with E-state index in [-0.39, 0.29) is 0 Å². The van der Waals surface area contributed by atoms with Crippen LogP contribution in [0.3, 0.4) is 0 Å². The van der Waals surface area contributed by atoms with Crippen molar-refractivity contribution in [2.45, 2.75) is 0 Å². The first-order valence-corrected chi connectivity index (χ1v) is 6.41. The summed E-state index contributed by atoms with van der Waals surface area (Å²) in [5.41, 5.74) is 0. The van der Waals surface area contributed by atoms with Crippen molar-refractivity contribution in [1.82, 2.24) is 9.97 Å². The molecule has 2 aliphatic heterocycles. The highest BCUT2D eigenvalue weighted by molar-refractivity contribution is 5.62. The van der Waals surface area contributed by atoms with Gasteiger partial charge >= 0.3 is 0 Å². The van der Waals surface area contributed by atoms with Crippen LogP contribution in [0.15, 0.2) is 12.4 Å². The van der Waals surface area contributed by atoms with Crippen molar-refractivity contribution in [1.29, 1.82) is 0 Å². The Bertz CT molecular complexity index is 352. The Balaban J connectivity index is 1.83. The number of nitrogens with zero attached hydrogens (tertiary/aromatic N) is 4. The third-order valence-corrected chi connectivity index (χ3v) is 3.28. The molecule has 18 heavy (non-hydrogen) atoms. The average Bonchev–Trinajstić information content (AvgIpc) is 2.49. The molecule has 6 heteroatoms. The molecule has 98 valence electrons. The molecule has 0 saturated carbocycles. The molecule has 1 aromatic heterocycles. The zero-order chi connectivity index (χ0) is 12.2. The highest BCUT2D eigenvalue weighted by Crippen LogP contribution is 2.25. The minimum absolute atomic E-state index is 0.763. The minimum atomic E-state index is 0.763. The van der Waals surface area contributed by atoms with E-state index in [4.69, 9.17) is 9.47 Å². The summed E-state index contributed by atoms with van der Waals surface area (Å²) in [7, 11) is 0. The Morgan fingerprint density at radius 1 is 0.722 bits per heavy atom. The van der Waals surface area contributed by atoms with Gasteiger partial charge < -0.3 is 19.3 Å². The first-order chi connectivity index (χ1) is 8.95. The Morgan fingerprint density at radius 3 is 1.50 bits per heavy atom. The number of ether oxygens (including phenoxy) is 2. The topological polar surface area (TPSA) is 50.7 Å². The van der Waals surface area contributed by atoms with Crippen molar-refractivity contribution in [3.8, 4) is 0 Å². The van der Waals surface area contributed by atoms with Crippen LogP contribution < -0.4 is 9.80 Å². The summed E-state index contributed by atoms with van der Waals surface area (Å²) in [5.74, 6) is 1.95. The quantitative estimate of drug-likeness (QED) is 0.744. The fourth-order valence-electron chi connectivity index (χ4n) is 2.32. The molecule has 0 spiro atoms. The monoisotopic (exact) mass is 250 g/mol. The van der Waals surface area contributed by atoms with E-state index in [9.17, 15) is 0 Å². The van der Waals surface area contributed by atoms with E-state index < -0.39 is 0 Å². The zero-order valence-electron chi connectivity index (χ0n) is 10.4. The molecule has 0 amide bonds. The summed E-state index contributed by atoms with van der Waals surface area (Å²) in [6, 6.07) is 0. The maximum atomic E-state index is 5.38. The van der Waals surface area contributed by atoms with E-state index in [1.807, 2.05) is 0 Å². The standard InChI is InChI=1S/C12H18N4O2/c1-2-14-12(16-5-9-18-10-6-16)11(13-1)15-3-7-17-8-4-15/h1-2H,3-10H2. The molecular formula is C12H18N4O2. The summed E-state index contributed by atoms with van der Waals surface area (Å²) in [5, 5.41) is 0. The van der Waals surface area contributed by atoms with Gasteiger partial charge in [-0.1, -0.05) is 0 Å². The molecule has 0 aliphatic carbocycles. The predicted octanol–water partition coefficient (Wildman–Crippen LogP) is 0.150. The first-order valence-electron chi connectivity index (χ1n) is 6.41. The van der Waals surface area contributed by atoms with Crippen molar-refractivity contribution >= 4 is 11.6 Å². The van der Waals surface area contributed by atoms with Gasteiger partial charge in [0.1, 0.15) is 0 Å². The van der Waals surface area contributed by atoms with Gasteiger partial charge in [-0.25, -0.2) is 9.97 Å². The lowest BCUT2D eigenvalue weighted by Gasteiger charge is -2.33. The molecule has 1 aromatic rings. The number of hydrogen-bond acceptors (Lipinski definition) is 6. The third kappa shape index (κ3) is 2.39. The second-order valence-electron chi connectivity index (χ2n) is 4.40. The molecule has 0 atom stereocenters. The Kier molecular flexibility index (Phi) is 3.56. The Morgan fingerprint density at radius 2 is 1.11 bits per heavy atom. The van der Waals surface area contributed by atoms with Gasteiger partial charge in [0.2, 0.25) is 0 Å². The van der Waals surface area contributed by atoms with Crippen LogP contribution in [0.2, 0.25) is 0 Å². The normalized spacial score (nSPS) is 21.1. The lowest BCUT2D eigenvalue weighted by molar-refractivity contribution is 0.120. The van der Waals surface area contributed by atoms with Crippen molar-refractivity contribution < 1.29 is 9.47 Å². The number of rotatable bonds is 2. The molecule has 2 fully saturated rings. The Hall–Kier alpha value is -1.40. The smallest absolute Gasteiger partial charge is 0.172 e. The van der Waals surface area contributed by atoms with Crippen LogP contribution >= 0.6 is 0 Å². The van der Waals surface area contributed by atoms with E-state index in [2.05, 4.69) is 19.8 Å². The van der Waals surface area contributed by atoms with Crippen molar-refractivity contribution in [2.75, 3.05) is 62.4 Å². The van der Waals surface area contributed by atoms with Gasteiger partial charge in [0.25, 0.3) is 0 Å². The number of anilines is 2. The minimum Gasteiger partial charge on any atom is -0.378 e. The summed E-state index contributed by atoms with van der Waals surface area (Å²) in [6.07, 6.45) is 3.52. The van der Waals surface area contributed by atoms with Gasteiger partial charge in [0, 0.05) is 38.6 Å². The van der Waals surface area contributed by atoms with Crippen molar-refractivity contribution in [3.63, 3.8) is 0 Å². The van der Waals surface area contributed by atoms with Crippen molar-refractivity contribution in [3.05, 3.63) is 12.4 Å². The van der Waals surface area contributed by atoms with Gasteiger partial charge in [0.15, 0.2) is 11.6 Å². The largest absolute Gasteiger partial charge is 0.378 e. The molecule has 0 N–H and O–H groups in total. The van der Waals surface area contributed by atoms with E-state index in [1.165, 1.54) is 0 Å². The number of aromatic nitrogens is 2. The Labute approximate surface area is 107 Å². The molecule has 6 nitrogen and oxygen atoms in total. The fourth-order valence-corrected chi connectivity index (χ4v) is 2.32. The molecule has 2 saturated heterocycles. The predicted molar refractivity (Wildman–Crippen MR) is 68.1 cm³/mol. The SMILES string of the molecule is c1cnc(N2CCOCC2)c(N2CCOCC2)n1. The highest BCUT2D eigenvalue weighted by Gasteiger charge is 2.21. The van der Waals surface area contributed by atoms with Crippen LogP contribution in [0, 0.1) is 0 Å². The van der Waals surface area contributed by atoms with Crippen LogP contribution in [0.1, 0.15) is 0 Å². The average molecular weight is 250 g/mol. The van der Waals surface area contributed by atoms with Gasteiger partial charge in [0.05, 0.1) is 26.4 Å². The lowest BCUT2D eigenvalue weighted by atomic mass is 10.3. The molecule has 3 rings (SSSR count). The first kappa shape index (κ1) is 11.7. The maximum absolute atomic E-state index is 5.38. The highest BCUT2D eigenvalue weighted by atomic mass is 16.5. The van der Waals surface area contributed by atoms with Crippen LogP contribution in [0.5, 0.6) is 0 Å². The van der Waals surface area contributed by atoms with E-state index >= 15 is 0 Å². The third-order valence-electron chi connectivity index (χ3n) is 3.28. The fraction of sp³-hybridized carbons (Fsp3) is 0.667. The summed E-state index contributed by atoms with van der Waals surface area (Å²) >= 11 is 0. The van der Waals surface area contributed by atoms with Crippen LogP contribution in [0.4, 0.5) is 11.6 Å². The molecule has 3 heterocycles. The van der Waals surface area contributed by atoms with Gasteiger partial charge in [-0.3, -0.25) is 0 Å². The van der Waals surface area contributed by atoms with E-state index in [0.29, 0.717) is 0 Å². The molecular weight excluding hydrogens is 232 g/mol. The molecule has 0 unspecified atom stereocenters. The van der Waals surface area contributed by atoms with E-state index in [1.54, 1.807) is 12.4 Å². The van der Waals surface area contributed by atoms with Crippen LogP contribution in [0.25, 0.3) is 0 Å². The van der Waals surface area contributed by atoms with Crippen molar-refractivity contribution in [2.24, 2.45) is 0 Å². The number of morpholine rings is 2. The van der Waals surface area contributed by atoms with Crippen LogP contribution in [-0.4, -0.2) is 62.6 Å². The van der Waals surface area contributed by atoms with E-state index in [0.717, 1.165) is 64.2 Å². The molecule has 0 aromatic carbocycles. The van der Waals surface area contributed by atoms with Crippen LogP contribution in [-0.2, 0) is 9.47 Å². The maximum Gasteiger partial charge on any atom is 0.172 e. The van der Waals surface area contributed by atoms with Gasteiger partial charge in [-0.05, 0) is 0 Å². The second kappa shape index (κ2) is 5.49. The molecule has 2 aliphatic rings. The van der Waals surface area contributed by atoms with Gasteiger partial charge in [-0.2, -0.15) is 0 Å². The van der Waals surface area contributed by atoms with Gasteiger partial charge in [-0.15, -0.1) is 0 Å².